The first-order valence-corrected chi connectivity index (χ1v) is 7.99. The highest BCUT2D eigenvalue weighted by molar-refractivity contribution is 7.90. The average molecular weight is 299 g/mol. The predicted octanol–water partition coefficient (Wildman–Crippen LogP) is 0.127. The number of ether oxygens (including phenoxy) is 1. The average Bonchev–Trinajstić information content (AvgIpc) is 2.65. The van der Waals surface area contributed by atoms with Crippen LogP contribution in [0.15, 0.2) is 24.3 Å². The highest BCUT2D eigenvalue weighted by atomic mass is 32.2. The molecular formula is C13H17NO5S. The Labute approximate surface area is 117 Å². The lowest BCUT2D eigenvalue weighted by Crippen LogP contribution is -2.37. The minimum Gasteiger partial charge on any atom is -0.465 e. The maximum absolute atomic E-state index is 11.9. The van der Waals surface area contributed by atoms with Gasteiger partial charge in [0.25, 0.3) is 0 Å². The molecule has 1 aliphatic carbocycles. The standard InChI is InChI=1S/C13H17NO5S/c1-2-19-12(16)8-20(17,18)14-13-10-6-4-3-5-9(10)7-11(13)15/h3-6,11,13-15H,2,7-8H2,1H3/t11-,13+/m1/s1. The zero-order valence-electron chi connectivity index (χ0n) is 11.1. The molecule has 0 unspecified atom stereocenters. The van der Waals surface area contributed by atoms with Crippen molar-refractivity contribution in [1.29, 1.82) is 0 Å². The Kier molecular flexibility index (Phi) is 4.42. The molecule has 20 heavy (non-hydrogen) atoms. The maximum Gasteiger partial charge on any atom is 0.322 e. The Bertz CT molecular complexity index is 599. The maximum atomic E-state index is 11.9. The van der Waals surface area contributed by atoms with Gasteiger partial charge in [-0.3, -0.25) is 4.79 Å². The van der Waals surface area contributed by atoms with Crippen molar-refractivity contribution in [3.8, 4) is 0 Å². The van der Waals surface area contributed by atoms with Gasteiger partial charge in [-0.25, -0.2) is 13.1 Å². The van der Waals surface area contributed by atoms with Crippen molar-refractivity contribution < 1.29 is 23.1 Å². The summed E-state index contributed by atoms with van der Waals surface area (Å²) in [6.45, 7) is 1.73. The number of hydrogen-bond acceptors (Lipinski definition) is 5. The smallest absolute Gasteiger partial charge is 0.322 e. The van der Waals surface area contributed by atoms with Gasteiger partial charge in [0.1, 0.15) is 0 Å². The fraction of sp³-hybridized carbons (Fsp3) is 0.462. The van der Waals surface area contributed by atoms with Gasteiger partial charge < -0.3 is 9.84 Å². The Morgan fingerprint density at radius 1 is 1.45 bits per heavy atom. The van der Waals surface area contributed by atoms with Gasteiger partial charge in [-0.2, -0.15) is 0 Å². The first kappa shape index (κ1) is 15.0. The van der Waals surface area contributed by atoms with Gasteiger partial charge in [-0.15, -0.1) is 0 Å². The number of nitrogens with one attached hydrogen (secondary N) is 1. The molecule has 2 rings (SSSR count). The topological polar surface area (TPSA) is 92.7 Å². The van der Waals surface area contributed by atoms with Crippen LogP contribution in [-0.4, -0.2) is 38.0 Å². The summed E-state index contributed by atoms with van der Waals surface area (Å²) >= 11 is 0. The van der Waals surface area contributed by atoms with Gasteiger partial charge >= 0.3 is 5.97 Å². The quantitative estimate of drug-likeness (QED) is 0.754. The molecule has 1 aliphatic rings. The lowest BCUT2D eigenvalue weighted by Gasteiger charge is -2.17. The van der Waals surface area contributed by atoms with E-state index in [0.29, 0.717) is 6.42 Å². The second kappa shape index (κ2) is 5.90. The fourth-order valence-electron chi connectivity index (χ4n) is 2.31. The summed E-state index contributed by atoms with van der Waals surface area (Å²) in [6.07, 6.45) is -0.438. The molecule has 0 spiro atoms. The van der Waals surface area contributed by atoms with E-state index in [1.165, 1.54) is 0 Å². The van der Waals surface area contributed by atoms with Crippen molar-refractivity contribution in [2.45, 2.75) is 25.5 Å². The highest BCUT2D eigenvalue weighted by Crippen LogP contribution is 2.31. The molecule has 0 saturated carbocycles. The second-order valence-electron chi connectivity index (χ2n) is 4.63. The normalized spacial score (nSPS) is 21.5. The van der Waals surface area contributed by atoms with Gasteiger partial charge in [-0.1, -0.05) is 24.3 Å². The zero-order valence-corrected chi connectivity index (χ0v) is 11.9. The third-order valence-electron chi connectivity index (χ3n) is 3.12. The summed E-state index contributed by atoms with van der Waals surface area (Å²) in [7, 11) is -3.85. The molecule has 6 nitrogen and oxygen atoms in total. The van der Waals surface area contributed by atoms with E-state index in [2.05, 4.69) is 9.46 Å². The molecule has 0 aromatic heterocycles. The Balaban J connectivity index is 2.12. The summed E-state index contributed by atoms with van der Waals surface area (Å²) in [5.41, 5.74) is 1.65. The first-order valence-electron chi connectivity index (χ1n) is 6.34. The lowest BCUT2D eigenvalue weighted by atomic mass is 10.1. The number of fused-ring (bicyclic) bond motifs is 1. The zero-order chi connectivity index (χ0) is 14.8. The van der Waals surface area contributed by atoms with Crippen molar-refractivity contribution in [3.05, 3.63) is 35.4 Å². The summed E-state index contributed by atoms with van der Waals surface area (Å²) in [5.74, 6) is -1.55. The van der Waals surface area contributed by atoms with Crippen LogP contribution in [0.4, 0.5) is 0 Å². The lowest BCUT2D eigenvalue weighted by molar-refractivity contribution is -0.139. The molecule has 1 aromatic carbocycles. The number of carbonyl (C=O) groups excluding carboxylic acids is 1. The van der Waals surface area contributed by atoms with Crippen molar-refractivity contribution >= 4 is 16.0 Å². The van der Waals surface area contributed by atoms with Crippen molar-refractivity contribution in [1.82, 2.24) is 4.72 Å². The molecule has 0 aliphatic heterocycles. The van der Waals surface area contributed by atoms with Crippen LogP contribution in [-0.2, 0) is 26.0 Å². The van der Waals surface area contributed by atoms with Crippen LogP contribution in [0, 0.1) is 0 Å². The SMILES string of the molecule is CCOC(=O)CS(=O)(=O)N[C@H]1c2ccccc2C[C@H]1O. The van der Waals surface area contributed by atoms with E-state index in [-0.39, 0.29) is 6.61 Å². The van der Waals surface area contributed by atoms with Crippen LogP contribution in [0.25, 0.3) is 0 Å². The molecule has 1 aromatic rings. The van der Waals surface area contributed by atoms with Crippen molar-refractivity contribution in [3.63, 3.8) is 0 Å². The Morgan fingerprint density at radius 3 is 2.85 bits per heavy atom. The molecule has 0 bridgehead atoms. The molecule has 110 valence electrons. The number of aliphatic hydroxyl groups is 1. The van der Waals surface area contributed by atoms with Crippen LogP contribution >= 0.6 is 0 Å². The number of rotatable bonds is 5. The molecule has 0 fully saturated rings. The fourth-order valence-corrected chi connectivity index (χ4v) is 3.46. The minimum atomic E-state index is -3.85. The number of esters is 1. The van der Waals surface area contributed by atoms with Crippen LogP contribution in [0.3, 0.4) is 0 Å². The van der Waals surface area contributed by atoms with Crippen LogP contribution in [0.5, 0.6) is 0 Å². The van der Waals surface area contributed by atoms with Crippen molar-refractivity contribution in [2.75, 3.05) is 12.4 Å². The predicted molar refractivity (Wildman–Crippen MR) is 72.4 cm³/mol. The van der Waals surface area contributed by atoms with E-state index in [0.717, 1.165) is 11.1 Å². The summed E-state index contributed by atoms with van der Waals surface area (Å²) in [5, 5.41) is 9.97. The molecule has 7 heteroatoms. The largest absolute Gasteiger partial charge is 0.465 e. The van der Waals surface area contributed by atoms with Gasteiger partial charge in [0.05, 0.1) is 18.8 Å². The van der Waals surface area contributed by atoms with Gasteiger partial charge in [0.2, 0.25) is 10.0 Å². The molecule has 2 N–H and O–H groups in total. The van der Waals surface area contributed by atoms with Gasteiger partial charge in [0.15, 0.2) is 5.75 Å². The van der Waals surface area contributed by atoms with E-state index in [1.807, 2.05) is 12.1 Å². The third kappa shape index (κ3) is 3.36. The van der Waals surface area contributed by atoms with Crippen molar-refractivity contribution in [2.24, 2.45) is 0 Å². The minimum absolute atomic E-state index is 0.128. The molecule has 0 radical (unpaired) electrons. The number of carbonyl (C=O) groups is 1. The van der Waals surface area contributed by atoms with E-state index < -0.39 is 33.9 Å². The van der Waals surface area contributed by atoms with Crippen LogP contribution < -0.4 is 4.72 Å². The second-order valence-corrected chi connectivity index (χ2v) is 6.38. The summed E-state index contributed by atoms with van der Waals surface area (Å²) in [4.78, 5) is 11.3. The van der Waals surface area contributed by atoms with Crippen LogP contribution in [0.2, 0.25) is 0 Å². The summed E-state index contributed by atoms with van der Waals surface area (Å²) < 4.78 is 30.8. The number of aliphatic hydroxyl groups excluding tert-OH is 1. The molecular weight excluding hydrogens is 282 g/mol. The van der Waals surface area contributed by atoms with E-state index in [9.17, 15) is 18.3 Å². The first-order chi connectivity index (χ1) is 9.43. The van der Waals surface area contributed by atoms with E-state index in [4.69, 9.17) is 0 Å². The highest BCUT2D eigenvalue weighted by Gasteiger charge is 2.34. The molecule has 0 amide bonds. The molecule has 0 heterocycles. The van der Waals surface area contributed by atoms with E-state index in [1.54, 1.807) is 19.1 Å². The third-order valence-corrected chi connectivity index (χ3v) is 4.35. The van der Waals surface area contributed by atoms with Crippen LogP contribution in [0.1, 0.15) is 24.1 Å². The summed E-state index contributed by atoms with van der Waals surface area (Å²) in [6, 6.07) is 6.51. The molecule has 0 saturated heterocycles. The monoisotopic (exact) mass is 299 g/mol. The van der Waals surface area contributed by atoms with E-state index >= 15 is 0 Å². The Morgan fingerprint density at radius 2 is 2.15 bits per heavy atom. The molecule has 2 atom stereocenters. The van der Waals surface area contributed by atoms with Gasteiger partial charge in [-0.05, 0) is 18.1 Å². The number of sulfonamides is 1. The number of hydrogen-bond donors (Lipinski definition) is 2. The Hall–Kier alpha value is -1.44. The van der Waals surface area contributed by atoms with Gasteiger partial charge in [0, 0.05) is 6.42 Å². The number of benzene rings is 1.